The highest BCUT2D eigenvalue weighted by molar-refractivity contribution is 9.10. The van der Waals surface area contributed by atoms with Crippen molar-refractivity contribution in [3.63, 3.8) is 0 Å². The van der Waals surface area contributed by atoms with Crippen LogP contribution in [0.3, 0.4) is 0 Å². The van der Waals surface area contributed by atoms with Crippen molar-refractivity contribution in [1.29, 1.82) is 0 Å². The van der Waals surface area contributed by atoms with E-state index in [-0.39, 0.29) is 0 Å². The van der Waals surface area contributed by atoms with Gasteiger partial charge in [0, 0.05) is 10.4 Å². The number of ether oxygens (including phenoxy) is 1. The molecule has 1 aliphatic heterocycles. The third kappa shape index (κ3) is 3.99. The molecule has 1 unspecified atom stereocenters. The number of hydrogen-bond donors (Lipinski definition) is 1. The Morgan fingerprint density at radius 2 is 2.28 bits per heavy atom. The van der Waals surface area contributed by atoms with Gasteiger partial charge in [0.1, 0.15) is 18.9 Å². The molecule has 0 bridgehead atoms. The topological polar surface area (TPSA) is 13.7 Å². The van der Waals surface area contributed by atoms with Gasteiger partial charge in [0.2, 0.25) is 0 Å². The summed E-state index contributed by atoms with van der Waals surface area (Å²) in [6.07, 6.45) is 2.77. The van der Waals surface area contributed by atoms with Crippen LogP contribution in [0.15, 0.2) is 22.7 Å². The van der Waals surface area contributed by atoms with Crippen molar-refractivity contribution < 1.29 is 9.64 Å². The summed E-state index contributed by atoms with van der Waals surface area (Å²) in [5, 5.41) is 0. The van der Waals surface area contributed by atoms with Gasteiger partial charge in [-0.1, -0.05) is 22.9 Å². The first kappa shape index (κ1) is 13.9. The molecule has 1 heterocycles. The molecule has 0 radical (unpaired) electrons. The fourth-order valence-corrected chi connectivity index (χ4v) is 3.18. The van der Waals surface area contributed by atoms with E-state index in [4.69, 9.17) is 4.74 Å². The number of piperidine rings is 1. The number of nitrogens with one attached hydrogen (secondary N) is 1. The fourth-order valence-electron chi connectivity index (χ4n) is 2.70. The van der Waals surface area contributed by atoms with Crippen LogP contribution in [0.4, 0.5) is 0 Å². The van der Waals surface area contributed by atoms with Crippen molar-refractivity contribution in [1.82, 2.24) is 0 Å². The van der Waals surface area contributed by atoms with Crippen molar-refractivity contribution in [3.05, 3.63) is 28.2 Å². The van der Waals surface area contributed by atoms with Gasteiger partial charge in [-0.05, 0) is 43.5 Å². The van der Waals surface area contributed by atoms with E-state index in [9.17, 15) is 0 Å². The Labute approximate surface area is 118 Å². The van der Waals surface area contributed by atoms with Crippen LogP contribution in [0, 0.1) is 12.8 Å². The maximum absolute atomic E-state index is 5.89. The molecule has 2 atom stereocenters. The number of benzene rings is 1. The summed E-state index contributed by atoms with van der Waals surface area (Å²) in [6, 6.07) is 6.19. The van der Waals surface area contributed by atoms with Gasteiger partial charge in [-0.3, -0.25) is 0 Å². The molecule has 18 heavy (non-hydrogen) atoms. The monoisotopic (exact) mass is 312 g/mol. The number of rotatable bonds is 4. The molecular weight excluding hydrogens is 290 g/mol. The summed E-state index contributed by atoms with van der Waals surface area (Å²) in [7, 11) is 0. The zero-order chi connectivity index (χ0) is 13.0. The average Bonchev–Trinajstić information content (AvgIpc) is 2.32. The SMILES string of the molecule is Cc1cc(Br)ccc1OCC[NH+]1CCC[C@H](C)C1. The lowest BCUT2D eigenvalue weighted by Gasteiger charge is -2.27. The highest BCUT2D eigenvalue weighted by Crippen LogP contribution is 2.21. The molecule has 1 saturated heterocycles. The molecule has 1 fully saturated rings. The molecule has 100 valence electrons. The summed E-state index contributed by atoms with van der Waals surface area (Å²) in [4.78, 5) is 1.70. The molecule has 0 aromatic heterocycles. The fraction of sp³-hybridized carbons (Fsp3) is 0.600. The van der Waals surface area contributed by atoms with E-state index in [1.807, 2.05) is 12.1 Å². The van der Waals surface area contributed by atoms with Gasteiger partial charge in [0.05, 0.1) is 13.1 Å². The van der Waals surface area contributed by atoms with Gasteiger partial charge in [0.25, 0.3) is 0 Å². The number of quaternary nitrogens is 1. The molecule has 1 aliphatic rings. The van der Waals surface area contributed by atoms with Crippen LogP contribution in [0.25, 0.3) is 0 Å². The first-order valence-corrected chi connectivity index (χ1v) is 7.67. The Kier molecular flexibility index (Phi) is 5.07. The second-order valence-corrected chi connectivity index (χ2v) is 6.38. The van der Waals surface area contributed by atoms with Gasteiger partial charge in [-0.25, -0.2) is 0 Å². The lowest BCUT2D eigenvalue weighted by molar-refractivity contribution is -0.908. The van der Waals surface area contributed by atoms with Crippen molar-refractivity contribution in [2.45, 2.75) is 26.7 Å². The summed E-state index contributed by atoms with van der Waals surface area (Å²) in [6.45, 7) is 9.02. The van der Waals surface area contributed by atoms with E-state index in [1.165, 1.54) is 31.5 Å². The van der Waals surface area contributed by atoms with Gasteiger partial charge in [-0.15, -0.1) is 0 Å². The van der Waals surface area contributed by atoms with Crippen LogP contribution in [0.1, 0.15) is 25.3 Å². The van der Waals surface area contributed by atoms with Crippen molar-refractivity contribution in [2.75, 3.05) is 26.2 Å². The number of likely N-dealkylation sites (tertiary alicyclic amines) is 1. The Hall–Kier alpha value is -0.540. The molecule has 0 spiro atoms. The van der Waals surface area contributed by atoms with Crippen molar-refractivity contribution in [2.24, 2.45) is 5.92 Å². The first-order chi connectivity index (χ1) is 8.65. The number of halogens is 1. The van der Waals surface area contributed by atoms with Gasteiger partial charge < -0.3 is 9.64 Å². The van der Waals surface area contributed by atoms with Gasteiger partial charge >= 0.3 is 0 Å². The van der Waals surface area contributed by atoms with E-state index in [2.05, 4.69) is 35.8 Å². The lowest BCUT2D eigenvalue weighted by atomic mass is 10.0. The summed E-state index contributed by atoms with van der Waals surface area (Å²) in [5.41, 5.74) is 1.20. The van der Waals surface area contributed by atoms with Crippen LogP contribution in [0.5, 0.6) is 5.75 Å². The third-order valence-electron chi connectivity index (χ3n) is 3.71. The maximum atomic E-state index is 5.89. The highest BCUT2D eigenvalue weighted by atomic mass is 79.9. The van der Waals surface area contributed by atoms with Crippen LogP contribution in [0.2, 0.25) is 0 Å². The van der Waals surface area contributed by atoms with Crippen LogP contribution < -0.4 is 9.64 Å². The van der Waals surface area contributed by atoms with E-state index in [1.54, 1.807) is 4.90 Å². The summed E-state index contributed by atoms with van der Waals surface area (Å²) < 4.78 is 7.00. The van der Waals surface area contributed by atoms with Crippen LogP contribution in [-0.2, 0) is 0 Å². The number of hydrogen-bond acceptors (Lipinski definition) is 1. The molecular formula is C15H23BrNO+. The third-order valence-corrected chi connectivity index (χ3v) is 4.21. The standard InChI is InChI=1S/C15H22BrNO/c1-12-4-3-7-17(11-12)8-9-18-15-6-5-14(16)10-13(15)2/h5-6,10,12H,3-4,7-9,11H2,1-2H3/p+1/t12-/m0/s1. The van der Waals surface area contributed by atoms with Gasteiger partial charge in [0.15, 0.2) is 0 Å². The average molecular weight is 313 g/mol. The molecule has 3 heteroatoms. The predicted octanol–water partition coefficient (Wildman–Crippen LogP) is 2.45. The van der Waals surface area contributed by atoms with E-state index in [0.717, 1.165) is 29.3 Å². The van der Waals surface area contributed by atoms with E-state index >= 15 is 0 Å². The predicted molar refractivity (Wildman–Crippen MR) is 78.3 cm³/mol. The molecule has 1 aromatic carbocycles. The minimum absolute atomic E-state index is 0.824. The first-order valence-electron chi connectivity index (χ1n) is 6.87. The highest BCUT2D eigenvalue weighted by Gasteiger charge is 2.19. The van der Waals surface area contributed by atoms with E-state index < -0.39 is 0 Å². The second kappa shape index (κ2) is 6.58. The van der Waals surface area contributed by atoms with Gasteiger partial charge in [-0.2, -0.15) is 0 Å². The van der Waals surface area contributed by atoms with Crippen LogP contribution >= 0.6 is 15.9 Å². The Morgan fingerprint density at radius 1 is 1.44 bits per heavy atom. The molecule has 1 N–H and O–H groups in total. The molecule has 0 amide bonds. The molecule has 2 nitrogen and oxygen atoms in total. The number of aryl methyl sites for hydroxylation is 1. The maximum Gasteiger partial charge on any atom is 0.137 e. The summed E-state index contributed by atoms with van der Waals surface area (Å²) >= 11 is 3.47. The lowest BCUT2D eigenvalue weighted by Crippen LogP contribution is -3.14. The van der Waals surface area contributed by atoms with E-state index in [0.29, 0.717) is 0 Å². The largest absolute Gasteiger partial charge is 0.487 e. The Bertz CT molecular complexity index is 394. The van der Waals surface area contributed by atoms with Crippen molar-refractivity contribution >= 4 is 15.9 Å². The molecule has 2 rings (SSSR count). The van der Waals surface area contributed by atoms with Crippen LogP contribution in [-0.4, -0.2) is 26.2 Å². The Balaban J connectivity index is 1.77. The zero-order valence-corrected chi connectivity index (χ0v) is 12.9. The molecule has 1 aromatic rings. The second-order valence-electron chi connectivity index (χ2n) is 5.46. The van der Waals surface area contributed by atoms with Crippen molar-refractivity contribution in [3.8, 4) is 5.75 Å². The normalized spacial score (nSPS) is 23.9. The zero-order valence-electron chi connectivity index (χ0n) is 11.3. The summed E-state index contributed by atoms with van der Waals surface area (Å²) in [5.74, 6) is 1.89. The quantitative estimate of drug-likeness (QED) is 0.901. The smallest absolute Gasteiger partial charge is 0.137 e. The Morgan fingerprint density at radius 3 is 3.00 bits per heavy atom. The molecule has 0 saturated carbocycles. The minimum Gasteiger partial charge on any atom is -0.487 e. The molecule has 0 aliphatic carbocycles. The minimum atomic E-state index is 0.824.